The van der Waals surface area contributed by atoms with Crippen LogP contribution in [0.2, 0.25) is 0 Å². The van der Waals surface area contributed by atoms with Crippen molar-refractivity contribution in [3.8, 4) is 0 Å². The lowest BCUT2D eigenvalue weighted by molar-refractivity contribution is 0.102. The second-order valence-corrected chi connectivity index (χ2v) is 5.72. The maximum Gasteiger partial charge on any atom is 0.278 e. The third-order valence-electron chi connectivity index (χ3n) is 4.19. The van der Waals surface area contributed by atoms with E-state index >= 15 is 0 Å². The van der Waals surface area contributed by atoms with E-state index in [9.17, 15) is 4.79 Å². The Morgan fingerprint density at radius 3 is 2.65 bits per heavy atom. The summed E-state index contributed by atoms with van der Waals surface area (Å²) >= 11 is 0. The summed E-state index contributed by atoms with van der Waals surface area (Å²) in [4.78, 5) is 12.4. The van der Waals surface area contributed by atoms with Gasteiger partial charge in [0.25, 0.3) is 5.91 Å². The molecule has 124 valence electrons. The number of anilines is 1. The number of hydrogen-bond acceptors (Lipinski definition) is 4. The average Bonchev–Trinajstić information content (AvgIpc) is 2.92. The zero-order valence-corrected chi connectivity index (χ0v) is 14.2. The van der Waals surface area contributed by atoms with Crippen LogP contribution in [-0.2, 0) is 0 Å². The van der Waals surface area contributed by atoms with Gasteiger partial charge in [0.15, 0.2) is 5.69 Å². The SMILES string of the molecule is Cc1ccccc1NC(=O)c1nnn(C2CCNCC2)c1C.Cl. The maximum absolute atomic E-state index is 12.4. The Bertz CT molecular complexity index is 679. The lowest BCUT2D eigenvalue weighted by Crippen LogP contribution is -2.30. The van der Waals surface area contributed by atoms with Gasteiger partial charge in [0, 0.05) is 5.69 Å². The van der Waals surface area contributed by atoms with Crippen LogP contribution < -0.4 is 10.6 Å². The van der Waals surface area contributed by atoms with Crippen molar-refractivity contribution in [1.29, 1.82) is 0 Å². The van der Waals surface area contributed by atoms with Crippen molar-refractivity contribution in [3.05, 3.63) is 41.2 Å². The number of hydrogen-bond donors (Lipinski definition) is 2. The van der Waals surface area contributed by atoms with E-state index in [0.29, 0.717) is 11.7 Å². The minimum atomic E-state index is -0.202. The van der Waals surface area contributed by atoms with Crippen LogP contribution in [0.15, 0.2) is 24.3 Å². The van der Waals surface area contributed by atoms with Crippen LogP contribution in [0.1, 0.15) is 40.6 Å². The molecule has 0 atom stereocenters. The van der Waals surface area contributed by atoms with Crippen LogP contribution in [-0.4, -0.2) is 34.0 Å². The summed E-state index contributed by atoms with van der Waals surface area (Å²) in [6.45, 7) is 5.84. The number of carbonyl (C=O) groups is 1. The van der Waals surface area contributed by atoms with Gasteiger partial charge in [0.05, 0.1) is 11.7 Å². The van der Waals surface area contributed by atoms with E-state index in [2.05, 4.69) is 20.9 Å². The third kappa shape index (κ3) is 3.71. The zero-order valence-electron chi connectivity index (χ0n) is 13.4. The summed E-state index contributed by atoms with van der Waals surface area (Å²) in [5, 5.41) is 14.5. The summed E-state index contributed by atoms with van der Waals surface area (Å²) < 4.78 is 1.90. The fourth-order valence-corrected chi connectivity index (χ4v) is 2.84. The molecule has 1 aliphatic rings. The molecule has 23 heavy (non-hydrogen) atoms. The summed E-state index contributed by atoms with van der Waals surface area (Å²) in [7, 11) is 0. The second-order valence-electron chi connectivity index (χ2n) is 5.72. The number of piperidine rings is 1. The van der Waals surface area contributed by atoms with E-state index in [1.54, 1.807) is 0 Å². The molecule has 1 aromatic heterocycles. The molecule has 3 rings (SSSR count). The highest BCUT2D eigenvalue weighted by Gasteiger charge is 2.23. The van der Waals surface area contributed by atoms with Gasteiger partial charge in [-0.3, -0.25) is 4.79 Å². The highest BCUT2D eigenvalue weighted by Crippen LogP contribution is 2.21. The van der Waals surface area contributed by atoms with Gasteiger partial charge in [-0.25, -0.2) is 4.68 Å². The molecule has 0 unspecified atom stereocenters. The third-order valence-corrected chi connectivity index (χ3v) is 4.19. The number of para-hydroxylation sites is 1. The number of benzene rings is 1. The van der Waals surface area contributed by atoms with Gasteiger partial charge in [-0.15, -0.1) is 17.5 Å². The molecule has 0 aliphatic carbocycles. The molecule has 6 nitrogen and oxygen atoms in total. The molecule has 1 saturated heterocycles. The molecule has 2 N–H and O–H groups in total. The predicted molar refractivity (Wildman–Crippen MR) is 92.3 cm³/mol. The van der Waals surface area contributed by atoms with Crippen molar-refractivity contribution in [2.24, 2.45) is 0 Å². The number of halogens is 1. The van der Waals surface area contributed by atoms with Crippen LogP contribution >= 0.6 is 12.4 Å². The Kier molecular flexibility index (Phi) is 5.74. The van der Waals surface area contributed by atoms with E-state index in [0.717, 1.165) is 42.9 Å². The van der Waals surface area contributed by atoms with E-state index in [1.165, 1.54) is 0 Å². The van der Waals surface area contributed by atoms with Gasteiger partial charge in [0.1, 0.15) is 0 Å². The first kappa shape index (κ1) is 17.4. The van der Waals surface area contributed by atoms with Crippen molar-refractivity contribution in [1.82, 2.24) is 20.3 Å². The molecule has 2 heterocycles. The molecule has 0 bridgehead atoms. The summed E-state index contributed by atoms with van der Waals surface area (Å²) in [5.74, 6) is -0.202. The van der Waals surface area contributed by atoms with Crippen LogP contribution in [0.25, 0.3) is 0 Å². The molecular weight excluding hydrogens is 314 g/mol. The number of aryl methyl sites for hydroxylation is 1. The molecule has 1 aromatic carbocycles. The fraction of sp³-hybridized carbons (Fsp3) is 0.438. The molecule has 0 radical (unpaired) electrons. The summed E-state index contributed by atoms with van der Waals surface area (Å²) in [5.41, 5.74) is 3.07. The van der Waals surface area contributed by atoms with Crippen LogP contribution in [0.4, 0.5) is 5.69 Å². The molecular formula is C16H22ClN5O. The van der Waals surface area contributed by atoms with Crippen molar-refractivity contribution < 1.29 is 4.79 Å². The Balaban J connectivity index is 0.00000192. The van der Waals surface area contributed by atoms with Crippen molar-refractivity contribution in [2.75, 3.05) is 18.4 Å². The molecule has 0 spiro atoms. The highest BCUT2D eigenvalue weighted by atomic mass is 35.5. The maximum atomic E-state index is 12.4. The van der Waals surface area contributed by atoms with Gasteiger partial charge < -0.3 is 10.6 Å². The largest absolute Gasteiger partial charge is 0.320 e. The molecule has 1 fully saturated rings. The standard InChI is InChI=1S/C16H21N5O.ClH/c1-11-5-3-4-6-14(11)18-16(22)15-12(2)21(20-19-15)13-7-9-17-10-8-13;/h3-6,13,17H,7-10H2,1-2H3,(H,18,22);1H. The molecule has 1 aliphatic heterocycles. The van der Waals surface area contributed by atoms with E-state index in [4.69, 9.17) is 0 Å². The topological polar surface area (TPSA) is 71.8 Å². The number of aromatic nitrogens is 3. The summed E-state index contributed by atoms with van der Waals surface area (Å²) in [6.07, 6.45) is 2.03. The first-order chi connectivity index (χ1) is 10.7. The number of amides is 1. The number of rotatable bonds is 3. The van der Waals surface area contributed by atoms with Gasteiger partial charge in [0.2, 0.25) is 0 Å². The molecule has 0 saturated carbocycles. The van der Waals surface area contributed by atoms with Crippen molar-refractivity contribution >= 4 is 24.0 Å². The van der Waals surface area contributed by atoms with Gasteiger partial charge in [-0.2, -0.15) is 0 Å². The summed E-state index contributed by atoms with van der Waals surface area (Å²) in [6, 6.07) is 8.04. The van der Waals surface area contributed by atoms with Gasteiger partial charge in [-0.1, -0.05) is 23.4 Å². The smallest absolute Gasteiger partial charge is 0.278 e. The normalized spacial score (nSPS) is 15.0. The van der Waals surface area contributed by atoms with E-state index in [-0.39, 0.29) is 18.3 Å². The Hall–Kier alpha value is -1.92. The Morgan fingerprint density at radius 2 is 1.96 bits per heavy atom. The quantitative estimate of drug-likeness (QED) is 0.904. The predicted octanol–water partition coefficient (Wildman–Crippen LogP) is 2.49. The lowest BCUT2D eigenvalue weighted by atomic mass is 10.1. The lowest BCUT2D eigenvalue weighted by Gasteiger charge is -2.23. The Morgan fingerprint density at radius 1 is 1.26 bits per heavy atom. The zero-order chi connectivity index (χ0) is 15.5. The molecule has 2 aromatic rings. The molecule has 1 amide bonds. The number of nitrogens with one attached hydrogen (secondary N) is 2. The van der Waals surface area contributed by atoms with Crippen LogP contribution in [0.5, 0.6) is 0 Å². The van der Waals surface area contributed by atoms with Crippen LogP contribution in [0.3, 0.4) is 0 Å². The number of nitrogens with zero attached hydrogens (tertiary/aromatic N) is 3. The van der Waals surface area contributed by atoms with Gasteiger partial charge in [-0.05, 0) is 51.4 Å². The first-order valence-corrected chi connectivity index (χ1v) is 7.66. The minimum absolute atomic E-state index is 0. The van der Waals surface area contributed by atoms with E-state index in [1.807, 2.05) is 42.8 Å². The minimum Gasteiger partial charge on any atom is -0.320 e. The van der Waals surface area contributed by atoms with E-state index < -0.39 is 0 Å². The van der Waals surface area contributed by atoms with Crippen molar-refractivity contribution in [3.63, 3.8) is 0 Å². The first-order valence-electron chi connectivity index (χ1n) is 7.66. The second kappa shape index (κ2) is 7.57. The Labute approximate surface area is 142 Å². The molecule has 7 heteroatoms. The van der Waals surface area contributed by atoms with Crippen molar-refractivity contribution in [2.45, 2.75) is 32.7 Å². The van der Waals surface area contributed by atoms with Crippen LogP contribution in [0, 0.1) is 13.8 Å². The average molecular weight is 336 g/mol. The monoisotopic (exact) mass is 335 g/mol. The number of carbonyl (C=O) groups excluding carboxylic acids is 1. The fourth-order valence-electron chi connectivity index (χ4n) is 2.84. The highest BCUT2D eigenvalue weighted by molar-refractivity contribution is 6.03. The van der Waals surface area contributed by atoms with Gasteiger partial charge >= 0.3 is 0 Å².